The molecule has 1 heterocycles. The van der Waals surface area contributed by atoms with Gasteiger partial charge in [-0.3, -0.25) is 14.4 Å². The number of benzene rings is 4. The van der Waals surface area contributed by atoms with Crippen molar-refractivity contribution >= 4 is 29.1 Å². The van der Waals surface area contributed by atoms with Crippen molar-refractivity contribution < 1.29 is 14.4 Å². The van der Waals surface area contributed by atoms with Crippen molar-refractivity contribution in [3.05, 3.63) is 130 Å². The lowest BCUT2D eigenvalue weighted by molar-refractivity contribution is -0.128. The maximum Gasteiger partial charge on any atom is 0.255 e. The monoisotopic (exact) mass is 512 g/mol. The maximum absolute atomic E-state index is 14.3. The average molecular weight is 513 g/mol. The summed E-state index contributed by atoms with van der Waals surface area (Å²) < 4.78 is 0. The van der Waals surface area contributed by atoms with Gasteiger partial charge in [-0.1, -0.05) is 60.7 Å². The fourth-order valence-corrected chi connectivity index (χ4v) is 7.40. The molecule has 4 aromatic rings. The molecule has 0 saturated carbocycles. The first-order valence-electron chi connectivity index (χ1n) is 13.3. The van der Waals surface area contributed by atoms with Crippen LogP contribution in [0, 0.1) is 25.2 Å². The lowest BCUT2D eigenvalue weighted by Crippen LogP contribution is -2.49. The van der Waals surface area contributed by atoms with Gasteiger partial charge in [-0.2, -0.15) is 0 Å². The minimum Gasteiger partial charge on any atom is -0.322 e. The smallest absolute Gasteiger partial charge is 0.255 e. The zero-order chi connectivity index (χ0) is 27.1. The predicted molar refractivity (Wildman–Crippen MR) is 151 cm³/mol. The molecule has 0 aromatic heterocycles. The van der Waals surface area contributed by atoms with Crippen LogP contribution in [0.15, 0.2) is 91.0 Å². The molecule has 2 bridgehead atoms. The van der Waals surface area contributed by atoms with Gasteiger partial charge in [0.2, 0.25) is 11.8 Å². The van der Waals surface area contributed by atoms with Crippen LogP contribution >= 0.6 is 0 Å². The van der Waals surface area contributed by atoms with Crippen LogP contribution < -0.4 is 10.2 Å². The van der Waals surface area contributed by atoms with E-state index >= 15 is 0 Å². The van der Waals surface area contributed by atoms with Gasteiger partial charge in [0.25, 0.3) is 5.91 Å². The van der Waals surface area contributed by atoms with Crippen LogP contribution in [0.2, 0.25) is 0 Å². The second-order valence-corrected chi connectivity index (χ2v) is 11.3. The van der Waals surface area contributed by atoms with Crippen molar-refractivity contribution in [2.75, 3.05) is 10.2 Å². The molecule has 2 atom stereocenters. The van der Waals surface area contributed by atoms with Crippen molar-refractivity contribution in [2.45, 2.75) is 32.6 Å². The van der Waals surface area contributed by atoms with Gasteiger partial charge in [-0.05, 0) is 84.5 Å². The van der Waals surface area contributed by atoms with Gasteiger partial charge in [0.15, 0.2) is 0 Å². The summed E-state index contributed by atoms with van der Waals surface area (Å²) in [6, 6.07) is 29.1. The SMILES string of the molecule is Cc1cc(C)cc(NC(=O)c2cccc(N3C(=O)[C@@H]4C5c6ccccc6C(c6ccccc65)[C@@]4(C)C3=O)c2)c1. The number of nitrogens with zero attached hydrogens (tertiary/aromatic N) is 1. The van der Waals surface area contributed by atoms with Crippen LogP contribution in [0.25, 0.3) is 0 Å². The topological polar surface area (TPSA) is 66.5 Å². The zero-order valence-electron chi connectivity index (χ0n) is 22.1. The van der Waals surface area contributed by atoms with E-state index in [-0.39, 0.29) is 29.6 Å². The zero-order valence-corrected chi connectivity index (χ0v) is 22.1. The van der Waals surface area contributed by atoms with E-state index < -0.39 is 11.3 Å². The molecule has 1 fully saturated rings. The van der Waals surface area contributed by atoms with Crippen LogP contribution in [0.4, 0.5) is 11.4 Å². The molecule has 3 amide bonds. The molecule has 0 unspecified atom stereocenters. The van der Waals surface area contributed by atoms with Crippen LogP contribution in [0.5, 0.6) is 0 Å². The molecule has 0 radical (unpaired) electrons. The molecule has 0 spiro atoms. The summed E-state index contributed by atoms with van der Waals surface area (Å²) in [7, 11) is 0. The first-order chi connectivity index (χ1) is 18.8. The summed E-state index contributed by atoms with van der Waals surface area (Å²) >= 11 is 0. The first-order valence-corrected chi connectivity index (χ1v) is 13.3. The maximum atomic E-state index is 14.3. The van der Waals surface area contributed by atoms with Gasteiger partial charge in [0, 0.05) is 23.1 Å². The van der Waals surface area contributed by atoms with Crippen molar-refractivity contribution in [1.82, 2.24) is 0 Å². The molecule has 4 aliphatic rings. The van der Waals surface area contributed by atoms with Crippen LogP contribution in [-0.4, -0.2) is 17.7 Å². The van der Waals surface area contributed by atoms with E-state index in [1.165, 1.54) is 4.90 Å². The third kappa shape index (κ3) is 3.22. The third-order valence-corrected chi connectivity index (χ3v) is 8.86. The van der Waals surface area contributed by atoms with E-state index in [2.05, 4.69) is 29.6 Å². The molecular formula is C34H28N2O3. The van der Waals surface area contributed by atoms with Crippen molar-refractivity contribution in [3.8, 4) is 0 Å². The van der Waals surface area contributed by atoms with E-state index in [1.807, 2.05) is 63.2 Å². The van der Waals surface area contributed by atoms with Crippen molar-refractivity contribution in [2.24, 2.45) is 11.3 Å². The lowest BCUT2D eigenvalue weighted by Gasteiger charge is -2.51. The number of carbonyl (C=O) groups excluding carboxylic acids is 3. The van der Waals surface area contributed by atoms with E-state index in [9.17, 15) is 14.4 Å². The lowest BCUT2D eigenvalue weighted by atomic mass is 9.48. The Morgan fingerprint density at radius 2 is 1.36 bits per heavy atom. The number of carbonyl (C=O) groups is 3. The summed E-state index contributed by atoms with van der Waals surface area (Å²) in [5, 5.41) is 2.96. The molecule has 39 heavy (non-hydrogen) atoms. The average Bonchev–Trinajstić information content (AvgIpc) is 3.13. The molecule has 8 rings (SSSR count). The normalized spacial score (nSPS) is 24.3. The Labute approximate surface area is 227 Å². The minimum absolute atomic E-state index is 0.190. The van der Waals surface area contributed by atoms with E-state index in [0.29, 0.717) is 16.9 Å². The number of rotatable bonds is 3. The van der Waals surface area contributed by atoms with Crippen molar-refractivity contribution in [1.29, 1.82) is 0 Å². The number of hydrogen-bond donors (Lipinski definition) is 1. The summed E-state index contributed by atoms with van der Waals surface area (Å²) in [6.07, 6.45) is 0. The quantitative estimate of drug-likeness (QED) is 0.326. The van der Waals surface area contributed by atoms with E-state index in [0.717, 1.165) is 33.4 Å². The molecule has 3 aliphatic carbocycles. The number of nitrogens with one attached hydrogen (secondary N) is 1. The Kier molecular flexibility index (Phi) is 4.99. The number of imide groups is 1. The summed E-state index contributed by atoms with van der Waals surface area (Å²) in [4.78, 5) is 43.1. The second-order valence-electron chi connectivity index (χ2n) is 11.3. The summed E-state index contributed by atoms with van der Waals surface area (Å²) in [5.74, 6) is -1.60. The Morgan fingerprint density at radius 3 is 1.97 bits per heavy atom. The number of aryl methyl sites for hydroxylation is 2. The molecular weight excluding hydrogens is 484 g/mol. The summed E-state index contributed by atoms with van der Waals surface area (Å²) in [5.41, 5.74) is 7.25. The Hall–Kier alpha value is -4.51. The number of anilines is 2. The van der Waals surface area contributed by atoms with E-state index in [4.69, 9.17) is 0 Å². The van der Waals surface area contributed by atoms with Crippen LogP contribution in [0.1, 0.15) is 62.5 Å². The highest BCUT2D eigenvalue weighted by Crippen LogP contribution is 2.67. The van der Waals surface area contributed by atoms with Gasteiger partial charge in [0.1, 0.15) is 0 Å². The Balaban J connectivity index is 1.29. The number of hydrogen-bond acceptors (Lipinski definition) is 3. The first kappa shape index (κ1) is 23.6. The highest BCUT2D eigenvalue weighted by Gasteiger charge is 2.68. The molecule has 1 aliphatic heterocycles. The fraction of sp³-hybridized carbons (Fsp3) is 0.206. The van der Waals surface area contributed by atoms with Gasteiger partial charge < -0.3 is 5.32 Å². The van der Waals surface area contributed by atoms with Gasteiger partial charge in [0.05, 0.1) is 17.0 Å². The Morgan fingerprint density at radius 1 is 0.769 bits per heavy atom. The van der Waals surface area contributed by atoms with Crippen molar-refractivity contribution in [3.63, 3.8) is 0 Å². The third-order valence-electron chi connectivity index (χ3n) is 8.86. The minimum atomic E-state index is -0.915. The molecule has 1 saturated heterocycles. The molecule has 192 valence electrons. The molecule has 4 aromatic carbocycles. The molecule has 1 N–H and O–H groups in total. The predicted octanol–water partition coefficient (Wildman–Crippen LogP) is 6.34. The second kappa shape index (κ2) is 8.24. The number of amides is 3. The van der Waals surface area contributed by atoms with Gasteiger partial charge in [-0.25, -0.2) is 4.90 Å². The van der Waals surface area contributed by atoms with Gasteiger partial charge >= 0.3 is 0 Å². The largest absolute Gasteiger partial charge is 0.322 e. The highest BCUT2D eigenvalue weighted by atomic mass is 16.2. The highest BCUT2D eigenvalue weighted by molar-refractivity contribution is 6.25. The fourth-order valence-electron chi connectivity index (χ4n) is 7.40. The standard InChI is InChI=1S/C34H28N2O3/c1-19-15-20(2)17-22(16-19)35-31(37)21-9-8-10-23(18-21)36-32(38)30-28-24-11-4-6-13-26(24)29(34(30,3)33(36)39)27-14-7-5-12-25(27)28/h4-18,28-30H,1-3H3,(H,35,37)/t28?,29?,30-,34+/m0/s1. The summed E-state index contributed by atoms with van der Waals surface area (Å²) in [6.45, 7) is 5.92. The van der Waals surface area contributed by atoms with Gasteiger partial charge in [-0.15, -0.1) is 0 Å². The molecule has 5 heteroatoms. The molecule has 5 nitrogen and oxygen atoms in total. The van der Waals surface area contributed by atoms with Crippen LogP contribution in [0.3, 0.4) is 0 Å². The van der Waals surface area contributed by atoms with E-state index in [1.54, 1.807) is 24.3 Å². The van der Waals surface area contributed by atoms with Crippen LogP contribution in [-0.2, 0) is 9.59 Å². The Bertz CT molecular complexity index is 1660.